The standard InChI is InChI=1S/C17H23N3O2/c1-11-7-12(2)9-14(8-11)20-6-4-15(17(20)22)16(21)19-5-3-13(18)10-19/h7-9,13,15H,3-6,10,18H2,1-2H3. The van der Waals surface area contributed by atoms with Crippen LogP contribution in [-0.4, -0.2) is 42.4 Å². The summed E-state index contributed by atoms with van der Waals surface area (Å²) in [4.78, 5) is 28.7. The van der Waals surface area contributed by atoms with E-state index in [1.165, 1.54) is 0 Å². The Hall–Kier alpha value is -1.88. The van der Waals surface area contributed by atoms with Gasteiger partial charge in [-0.3, -0.25) is 9.59 Å². The first-order valence-corrected chi connectivity index (χ1v) is 7.90. The molecule has 2 aliphatic rings. The number of rotatable bonds is 2. The van der Waals surface area contributed by atoms with Gasteiger partial charge in [0.2, 0.25) is 11.8 Å². The van der Waals surface area contributed by atoms with Crippen LogP contribution in [0.25, 0.3) is 0 Å². The number of carbonyl (C=O) groups excluding carboxylic acids is 2. The van der Waals surface area contributed by atoms with Gasteiger partial charge in [0.15, 0.2) is 0 Å². The van der Waals surface area contributed by atoms with Crippen molar-refractivity contribution in [1.29, 1.82) is 0 Å². The first kappa shape index (κ1) is 15.0. The minimum atomic E-state index is -0.536. The number of nitrogens with two attached hydrogens (primary N) is 1. The average Bonchev–Trinajstić information content (AvgIpc) is 3.03. The van der Waals surface area contributed by atoms with Crippen LogP contribution in [0.3, 0.4) is 0 Å². The topological polar surface area (TPSA) is 66.6 Å². The Morgan fingerprint density at radius 1 is 1.14 bits per heavy atom. The van der Waals surface area contributed by atoms with Crippen molar-refractivity contribution in [2.45, 2.75) is 32.7 Å². The maximum atomic E-state index is 12.7. The van der Waals surface area contributed by atoms with Gasteiger partial charge in [-0.2, -0.15) is 0 Å². The Labute approximate surface area is 131 Å². The fraction of sp³-hybridized carbons (Fsp3) is 0.529. The molecule has 0 aliphatic carbocycles. The number of hydrogen-bond donors (Lipinski definition) is 1. The van der Waals surface area contributed by atoms with Crippen LogP contribution in [0.1, 0.15) is 24.0 Å². The zero-order chi connectivity index (χ0) is 15.9. The van der Waals surface area contributed by atoms with Crippen LogP contribution in [-0.2, 0) is 9.59 Å². The van der Waals surface area contributed by atoms with Crippen LogP contribution in [0.4, 0.5) is 5.69 Å². The van der Waals surface area contributed by atoms with Crippen LogP contribution in [0.15, 0.2) is 18.2 Å². The van der Waals surface area contributed by atoms with E-state index in [1.54, 1.807) is 9.80 Å². The second-order valence-electron chi connectivity index (χ2n) is 6.51. The monoisotopic (exact) mass is 301 g/mol. The highest BCUT2D eigenvalue weighted by atomic mass is 16.2. The average molecular weight is 301 g/mol. The van der Waals surface area contributed by atoms with Gasteiger partial charge in [-0.25, -0.2) is 0 Å². The molecule has 2 saturated heterocycles. The minimum absolute atomic E-state index is 0.0511. The molecule has 0 spiro atoms. The lowest BCUT2D eigenvalue weighted by Crippen LogP contribution is -2.40. The van der Waals surface area contributed by atoms with Crippen molar-refractivity contribution in [2.75, 3.05) is 24.5 Å². The Morgan fingerprint density at radius 3 is 2.41 bits per heavy atom. The van der Waals surface area contributed by atoms with Crippen molar-refractivity contribution in [3.8, 4) is 0 Å². The lowest BCUT2D eigenvalue weighted by atomic mass is 10.1. The molecule has 5 nitrogen and oxygen atoms in total. The van der Waals surface area contributed by atoms with E-state index in [9.17, 15) is 9.59 Å². The van der Waals surface area contributed by atoms with Gasteiger partial charge < -0.3 is 15.5 Å². The third-order valence-corrected chi connectivity index (χ3v) is 4.56. The molecule has 2 unspecified atom stereocenters. The van der Waals surface area contributed by atoms with Gasteiger partial charge in [-0.15, -0.1) is 0 Å². The van der Waals surface area contributed by atoms with Crippen molar-refractivity contribution >= 4 is 17.5 Å². The normalized spacial score (nSPS) is 25.1. The second kappa shape index (κ2) is 5.72. The summed E-state index contributed by atoms with van der Waals surface area (Å²) in [7, 11) is 0. The summed E-state index contributed by atoms with van der Waals surface area (Å²) in [6.45, 7) is 5.90. The summed E-state index contributed by atoms with van der Waals surface area (Å²) in [6.07, 6.45) is 1.42. The molecule has 2 heterocycles. The number of likely N-dealkylation sites (tertiary alicyclic amines) is 1. The number of anilines is 1. The van der Waals surface area contributed by atoms with E-state index >= 15 is 0 Å². The summed E-state index contributed by atoms with van der Waals surface area (Å²) < 4.78 is 0. The highest BCUT2D eigenvalue weighted by Crippen LogP contribution is 2.28. The number of carbonyl (C=O) groups is 2. The Kier molecular flexibility index (Phi) is 3.91. The van der Waals surface area contributed by atoms with Gasteiger partial charge in [0.05, 0.1) is 0 Å². The van der Waals surface area contributed by atoms with Crippen LogP contribution in [0, 0.1) is 19.8 Å². The molecule has 2 aliphatic heterocycles. The minimum Gasteiger partial charge on any atom is -0.340 e. The quantitative estimate of drug-likeness (QED) is 0.835. The molecule has 2 fully saturated rings. The molecular formula is C17H23N3O2. The summed E-state index contributed by atoms with van der Waals surface area (Å²) >= 11 is 0. The summed E-state index contributed by atoms with van der Waals surface area (Å²) in [5.41, 5.74) is 9.01. The Bertz CT molecular complexity index is 594. The molecule has 1 aromatic rings. The third-order valence-electron chi connectivity index (χ3n) is 4.56. The molecule has 0 radical (unpaired) electrons. The van der Waals surface area contributed by atoms with E-state index in [4.69, 9.17) is 5.73 Å². The van der Waals surface area contributed by atoms with E-state index in [0.29, 0.717) is 26.1 Å². The first-order chi connectivity index (χ1) is 10.5. The van der Waals surface area contributed by atoms with Crippen molar-refractivity contribution < 1.29 is 9.59 Å². The molecule has 1 aromatic carbocycles. The highest BCUT2D eigenvalue weighted by Gasteiger charge is 2.41. The van der Waals surface area contributed by atoms with E-state index < -0.39 is 5.92 Å². The molecule has 2 N–H and O–H groups in total. The largest absolute Gasteiger partial charge is 0.340 e. The van der Waals surface area contributed by atoms with Crippen LogP contribution >= 0.6 is 0 Å². The van der Waals surface area contributed by atoms with Gasteiger partial charge in [-0.05, 0) is 49.9 Å². The zero-order valence-corrected chi connectivity index (χ0v) is 13.2. The highest BCUT2D eigenvalue weighted by molar-refractivity contribution is 6.09. The maximum absolute atomic E-state index is 12.7. The van der Waals surface area contributed by atoms with Crippen molar-refractivity contribution in [3.63, 3.8) is 0 Å². The predicted octanol–water partition coefficient (Wildman–Crippen LogP) is 1.22. The van der Waals surface area contributed by atoms with Crippen LogP contribution in [0.2, 0.25) is 0 Å². The first-order valence-electron chi connectivity index (χ1n) is 7.90. The van der Waals surface area contributed by atoms with E-state index in [-0.39, 0.29) is 17.9 Å². The number of aryl methyl sites for hydroxylation is 2. The molecule has 22 heavy (non-hydrogen) atoms. The molecule has 3 rings (SSSR count). The molecule has 118 valence electrons. The van der Waals surface area contributed by atoms with E-state index in [0.717, 1.165) is 23.2 Å². The fourth-order valence-corrected chi connectivity index (χ4v) is 3.48. The number of benzene rings is 1. The maximum Gasteiger partial charge on any atom is 0.239 e. The van der Waals surface area contributed by atoms with Gasteiger partial charge in [0, 0.05) is 31.4 Å². The zero-order valence-electron chi connectivity index (χ0n) is 13.2. The van der Waals surface area contributed by atoms with Crippen LogP contribution in [0.5, 0.6) is 0 Å². The van der Waals surface area contributed by atoms with Gasteiger partial charge in [0.1, 0.15) is 5.92 Å². The lowest BCUT2D eigenvalue weighted by Gasteiger charge is -2.21. The molecule has 0 saturated carbocycles. The lowest BCUT2D eigenvalue weighted by molar-refractivity contribution is -0.139. The van der Waals surface area contributed by atoms with Gasteiger partial charge in [-0.1, -0.05) is 6.07 Å². The van der Waals surface area contributed by atoms with Gasteiger partial charge in [0.25, 0.3) is 0 Å². The molecule has 2 amide bonds. The number of amides is 2. The molecule has 0 bridgehead atoms. The Morgan fingerprint density at radius 2 is 1.82 bits per heavy atom. The SMILES string of the molecule is Cc1cc(C)cc(N2CCC(C(=O)N3CCC(N)C3)C2=O)c1. The third kappa shape index (κ3) is 2.73. The molecule has 0 aromatic heterocycles. The van der Waals surface area contributed by atoms with Crippen LogP contribution < -0.4 is 10.6 Å². The number of nitrogens with zero attached hydrogens (tertiary/aromatic N) is 2. The van der Waals surface area contributed by atoms with E-state index in [2.05, 4.69) is 6.07 Å². The Balaban J connectivity index is 1.76. The molecule has 5 heteroatoms. The van der Waals surface area contributed by atoms with Crippen molar-refractivity contribution in [2.24, 2.45) is 11.7 Å². The molecular weight excluding hydrogens is 278 g/mol. The number of hydrogen-bond acceptors (Lipinski definition) is 3. The van der Waals surface area contributed by atoms with Gasteiger partial charge >= 0.3 is 0 Å². The van der Waals surface area contributed by atoms with E-state index in [1.807, 2.05) is 26.0 Å². The predicted molar refractivity (Wildman–Crippen MR) is 85.5 cm³/mol. The van der Waals surface area contributed by atoms with Crippen molar-refractivity contribution in [1.82, 2.24) is 4.90 Å². The summed E-state index contributed by atoms with van der Waals surface area (Å²) in [5.74, 6) is -0.661. The smallest absolute Gasteiger partial charge is 0.239 e. The fourth-order valence-electron chi connectivity index (χ4n) is 3.48. The van der Waals surface area contributed by atoms with Crippen molar-refractivity contribution in [3.05, 3.63) is 29.3 Å². The summed E-state index contributed by atoms with van der Waals surface area (Å²) in [5, 5.41) is 0. The molecule has 2 atom stereocenters. The summed E-state index contributed by atoms with van der Waals surface area (Å²) in [6, 6.07) is 6.14. The second-order valence-corrected chi connectivity index (χ2v) is 6.51.